The molecule has 0 fully saturated rings. The fourth-order valence-electron chi connectivity index (χ4n) is 1.69. The zero-order valence-corrected chi connectivity index (χ0v) is 10.1. The van der Waals surface area contributed by atoms with Crippen molar-refractivity contribution in [2.24, 2.45) is 0 Å². The van der Waals surface area contributed by atoms with Crippen LogP contribution in [0.3, 0.4) is 0 Å². The van der Waals surface area contributed by atoms with Crippen molar-refractivity contribution in [2.45, 2.75) is 6.54 Å². The van der Waals surface area contributed by atoms with E-state index >= 15 is 0 Å². The molecule has 5 nitrogen and oxygen atoms in total. The van der Waals surface area contributed by atoms with Crippen molar-refractivity contribution in [1.29, 1.82) is 0 Å². The first-order valence-corrected chi connectivity index (χ1v) is 5.73. The summed E-state index contributed by atoms with van der Waals surface area (Å²) in [5.41, 5.74) is 1.01. The number of hydrogen-bond acceptors (Lipinski definition) is 3. The van der Waals surface area contributed by atoms with Crippen molar-refractivity contribution >= 4 is 5.91 Å². The molecule has 0 aliphatic heterocycles. The van der Waals surface area contributed by atoms with E-state index in [-0.39, 0.29) is 6.54 Å². The predicted octanol–water partition coefficient (Wildman–Crippen LogP) is 2.52. The van der Waals surface area contributed by atoms with Crippen LogP contribution in [0.2, 0.25) is 0 Å². The zero-order chi connectivity index (χ0) is 13.7. The van der Waals surface area contributed by atoms with Gasteiger partial charge >= 0.3 is 5.91 Å². The normalized spacial score (nSPS) is 9.89. The largest absolute Gasteiger partial charge is 0.314 e. The van der Waals surface area contributed by atoms with Gasteiger partial charge in [-0.15, -0.1) is 0 Å². The molecule has 2 aromatic rings. The molecule has 0 radical (unpaired) electrons. The van der Waals surface area contributed by atoms with Crippen LogP contribution in [0.25, 0.3) is 0 Å². The Balaban J connectivity index is 2.22. The summed E-state index contributed by atoms with van der Waals surface area (Å²) < 4.78 is 0. The van der Waals surface area contributed by atoms with Crippen molar-refractivity contribution < 1.29 is 9.83 Å². The van der Waals surface area contributed by atoms with Gasteiger partial charge in [-0.1, -0.05) is 53.5 Å². The lowest BCUT2D eigenvalue weighted by atomic mass is 10.2. The maximum absolute atomic E-state index is 12.1. The van der Waals surface area contributed by atoms with Gasteiger partial charge < -0.3 is 0 Å². The van der Waals surface area contributed by atoms with Gasteiger partial charge in [0, 0.05) is 5.56 Å². The summed E-state index contributed by atoms with van der Waals surface area (Å²) in [6.45, 7) is -0.0540. The van der Waals surface area contributed by atoms with Gasteiger partial charge in [-0.05, 0) is 17.7 Å². The molecule has 0 aromatic heterocycles. The molecule has 0 N–H and O–H groups in total. The molecule has 1 amide bonds. The number of amides is 1. The number of carbonyl (C=O) groups excluding carboxylic acids is 1. The molecule has 5 heteroatoms. The molecule has 0 saturated carbocycles. The third-order valence-corrected chi connectivity index (χ3v) is 2.63. The molecule has 0 heterocycles. The summed E-state index contributed by atoms with van der Waals surface area (Å²) in [7, 11) is 0. The average molecular weight is 256 g/mol. The molecular formula is C14H12N2O3. The molecule has 96 valence electrons. The Morgan fingerprint density at radius 2 is 1.53 bits per heavy atom. The molecule has 0 saturated heterocycles. The van der Waals surface area contributed by atoms with E-state index in [0.717, 1.165) is 0 Å². The van der Waals surface area contributed by atoms with Crippen molar-refractivity contribution in [3.63, 3.8) is 0 Å². The number of nitrogens with zero attached hydrogens (tertiary/aromatic N) is 2. The summed E-state index contributed by atoms with van der Waals surface area (Å²) in [4.78, 5) is 23.1. The number of hydrogen-bond donors (Lipinski definition) is 0. The Bertz CT molecular complexity index is 570. The van der Waals surface area contributed by atoms with E-state index in [1.165, 1.54) is 0 Å². The van der Waals surface area contributed by atoms with Crippen molar-refractivity contribution in [3.8, 4) is 0 Å². The van der Waals surface area contributed by atoms with Gasteiger partial charge in [-0.2, -0.15) is 0 Å². The Hall–Kier alpha value is -2.69. The van der Waals surface area contributed by atoms with Gasteiger partial charge in [0.15, 0.2) is 5.03 Å². The van der Waals surface area contributed by atoms with Gasteiger partial charge in [0.1, 0.15) is 6.54 Å². The van der Waals surface area contributed by atoms with Gasteiger partial charge in [-0.3, -0.25) is 4.79 Å². The molecule has 19 heavy (non-hydrogen) atoms. The Kier molecular flexibility index (Phi) is 3.87. The highest BCUT2D eigenvalue weighted by atomic mass is 16.7. The van der Waals surface area contributed by atoms with Crippen LogP contribution < -0.4 is 0 Å². The standard InChI is InChI=1S/C14H12N2O3/c17-14(13-9-5-2-6-10-13)15(16(18)19)11-12-7-3-1-4-8-12/h1-10H,11H2. The second kappa shape index (κ2) is 5.77. The van der Waals surface area contributed by atoms with Crippen LogP contribution >= 0.6 is 0 Å². The van der Waals surface area contributed by atoms with Crippen LogP contribution in [0.5, 0.6) is 0 Å². The smallest absolute Gasteiger partial charge is 0.263 e. The zero-order valence-electron chi connectivity index (χ0n) is 10.1. The van der Waals surface area contributed by atoms with Crippen molar-refractivity contribution in [3.05, 3.63) is 81.9 Å². The lowest BCUT2D eigenvalue weighted by molar-refractivity contribution is -0.635. The minimum Gasteiger partial charge on any atom is -0.263 e. The molecule has 2 rings (SSSR count). The Morgan fingerprint density at radius 3 is 2.05 bits per heavy atom. The van der Waals surface area contributed by atoms with Crippen LogP contribution in [-0.4, -0.2) is 15.9 Å². The molecule has 0 unspecified atom stereocenters. The minimum absolute atomic E-state index is 0.0540. The van der Waals surface area contributed by atoms with Crippen LogP contribution in [-0.2, 0) is 6.54 Å². The van der Waals surface area contributed by atoms with E-state index < -0.39 is 10.9 Å². The summed E-state index contributed by atoms with van der Waals surface area (Å²) in [5.74, 6) is -0.616. The molecule has 0 aliphatic rings. The van der Waals surface area contributed by atoms with E-state index in [1.807, 2.05) is 6.07 Å². The second-order valence-electron chi connectivity index (χ2n) is 3.95. The molecule has 0 bridgehead atoms. The number of benzene rings is 2. The third kappa shape index (κ3) is 3.16. The van der Waals surface area contributed by atoms with Crippen LogP contribution in [0, 0.1) is 10.1 Å². The minimum atomic E-state index is -0.678. The van der Waals surface area contributed by atoms with E-state index in [1.54, 1.807) is 54.6 Å². The van der Waals surface area contributed by atoms with Crippen molar-refractivity contribution in [1.82, 2.24) is 5.01 Å². The number of rotatable bonds is 4. The highest BCUT2D eigenvalue weighted by Gasteiger charge is 2.25. The first-order valence-electron chi connectivity index (χ1n) is 5.73. The topological polar surface area (TPSA) is 63.5 Å². The van der Waals surface area contributed by atoms with Crippen LogP contribution in [0.1, 0.15) is 15.9 Å². The quantitative estimate of drug-likeness (QED) is 0.623. The van der Waals surface area contributed by atoms with E-state index in [9.17, 15) is 14.9 Å². The van der Waals surface area contributed by atoms with Gasteiger partial charge in [-0.25, -0.2) is 10.1 Å². The number of nitro groups is 1. The third-order valence-electron chi connectivity index (χ3n) is 2.63. The molecular weight excluding hydrogens is 244 g/mol. The van der Waals surface area contributed by atoms with Gasteiger partial charge in [0.05, 0.1) is 0 Å². The second-order valence-corrected chi connectivity index (χ2v) is 3.95. The average Bonchev–Trinajstić information content (AvgIpc) is 2.46. The summed E-state index contributed by atoms with van der Waals surface area (Å²) in [5, 5.41) is 11.0. The van der Waals surface area contributed by atoms with E-state index in [4.69, 9.17) is 0 Å². The highest BCUT2D eigenvalue weighted by molar-refractivity contribution is 5.93. The van der Waals surface area contributed by atoms with Crippen LogP contribution in [0.15, 0.2) is 60.7 Å². The predicted molar refractivity (Wildman–Crippen MR) is 69.8 cm³/mol. The Labute approximate surface area is 110 Å². The molecule has 0 aliphatic carbocycles. The Morgan fingerprint density at radius 1 is 1.00 bits per heavy atom. The molecule has 0 spiro atoms. The van der Waals surface area contributed by atoms with Crippen LogP contribution in [0.4, 0.5) is 0 Å². The SMILES string of the molecule is O=C(c1ccccc1)N(Cc1ccccc1)[N+](=O)[O-]. The first kappa shape index (κ1) is 12.8. The van der Waals surface area contributed by atoms with E-state index in [2.05, 4.69) is 0 Å². The lowest BCUT2D eigenvalue weighted by Crippen LogP contribution is -2.35. The summed E-state index contributed by atoms with van der Waals surface area (Å²) in [6.07, 6.45) is 0. The van der Waals surface area contributed by atoms with Crippen molar-refractivity contribution in [2.75, 3.05) is 0 Å². The van der Waals surface area contributed by atoms with Gasteiger partial charge in [0.25, 0.3) is 0 Å². The fraction of sp³-hybridized carbons (Fsp3) is 0.0714. The number of hydrazine groups is 1. The first-order chi connectivity index (χ1) is 9.18. The fourth-order valence-corrected chi connectivity index (χ4v) is 1.69. The highest BCUT2D eigenvalue weighted by Crippen LogP contribution is 2.10. The van der Waals surface area contributed by atoms with Gasteiger partial charge in [0.2, 0.25) is 0 Å². The maximum atomic E-state index is 12.1. The maximum Gasteiger partial charge on any atom is 0.314 e. The molecule has 2 aromatic carbocycles. The summed E-state index contributed by atoms with van der Waals surface area (Å²) in [6, 6.07) is 17.1. The summed E-state index contributed by atoms with van der Waals surface area (Å²) >= 11 is 0. The molecule has 0 atom stereocenters. The lowest BCUT2D eigenvalue weighted by Gasteiger charge is -2.12. The monoisotopic (exact) mass is 256 g/mol. The number of carbonyl (C=O) groups is 1. The van der Waals surface area contributed by atoms with E-state index in [0.29, 0.717) is 16.1 Å².